The fraction of sp³-hybridized carbons (Fsp3) is 0.250. The number of benzene rings is 2. The van der Waals surface area contributed by atoms with Crippen LogP contribution in [0.25, 0.3) is 33.1 Å². The Bertz CT molecular complexity index is 1520. The summed E-state index contributed by atoms with van der Waals surface area (Å²) < 4.78 is 22.1. The van der Waals surface area contributed by atoms with Crippen molar-refractivity contribution in [2.45, 2.75) is 30.7 Å². The highest BCUT2D eigenvalue weighted by molar-refractivity contribution is 6.05. The molecule has 2 aromatic carbocycles. The van der Waals surface area contributed by atoms with Crippen LogP contribution >= 0.6 is 0 Å². The third-order valence-corrected chi connectivity index (χ3v) is 5.86. The number of hydrogen-bond donors (Lipinski definition) is 5. The van der Waals surface area contributed by atoms with Crippen molar-refractivity contribution in [2.24, 2.45) is 0 Å². The molecule has 1 aliphatic heterocycles. The van der Waals surface area contributed by atoms with Gasteiger partial charge in [0.2, 0.25) is 6.29 Å². The quantitative estimate of drug-likeness (QED) is 0.254. The van der Waals surface area contributed by atoms with E-state index in [0.717, 1.165) is 0 Å². The average molecular weight is 484 g/mol. The predicted octanol–water partition coefficient (Wildman–Crippen LogP) is 0.451. The van der Waals surface area contributed by atoms with E-state index in [2.05, 4.69) is 0 Å². The van der Waals surface area contributed by atoms with Gasteiger partial charge in [-0.2, -0.15) is 0 Å². The van der Waals surface area contributed by atoms with Gasteiger partial charge in [0.15, 0.2) is 0 Å². The SMILES string of the molecule is O=c1ccc2ccc(O)c(-c3c(O[C@@H]4O[C@H](CO)[C@@H](O)[C@H](O)[C@H]4O)ccc4ccc(=O)oc34)c2o1. The molecular weight excluding hydrogens is 464 g/mol. The summed E-state index contributed by atoms with van der Waals surface area (Å²) in [5.74, 6) is -0.407. The van der Waals surface area contributed by atoms with E-state index in [1.807, 2.05) is 0 Å². The summed E-state index contributed by atoms with van der Waals surface area (Å²) in [4.78, 5) is 24.1. The first-order valence-electron chi connectivity index (χ1n) is 10.6. The van der Waals surface area contributed by atoms with Gasteiger partial charge in [-0.05, 0) is 36.4 Å². The fourth-order valence-corrected chi connectivity index (χ4v) is 4.10. The Balaban J connectivity index is 1.76. The number of hydrogen-bond acceptors (Lipinski definition) is 11. The molecule has 5 rings (SSSR count). The first-order valence-corrected chi connectivity index (χ1v) is 10.6. The monoisotopic (exact) mass is 484 g/mol. The molecule has 11 nitrogen and oxygen atoms in total. The molecule has 4 aromatic rings. The van der Waals surface area contributed by atoms with Crippen LogP contribution in [0.15, 0.2) is 67.0 Å². The maximum absolute atomic E-state index is 12.1. The van der Waals surface area contributed by atoms with Gasteiger partial charge >= 0.3 is 11.3 Å². The van der Waals surface area contributed by atoms with Crippen LogP contribution in [0.2, 0.25) is 0 Å². The van der Waals surface area contributed by atoms with Gasteiger partial charge in [-0.15, -0.1) is 0 Å². The van der Waals surface area contributed by atoms with Crippen LogP contribution < -0.4 is 16.0 Å². The zero-order chi connectivity index (χ0) is 24.9. The summed E-state index contributed by atoms with van der Waals surface area (Å²) in [6, 6.07) is 11.2. The number of phenolic OH excluding ortho intramolecular Hbond substituents is 1. The fourth-order valence-electron chi connectivity index (χ4n) is 4.10. The lowest BCUT2D eigenvalue weighted by Gasteiger charge is -2.39. The first kappa shape index (κ1) is 23.0. The molecular formula is C24H20O11. The second kappa shape index (κ2) is 8.80. The molecule has 0 spiro atoms. The third kappa shape index (κ3) is 3.95. The van der Waals surface area contributed by atoms with Crippen molar-refractivity contribution >= 4 is 21.9 Å². The topological polar surface area (TPSA) is 180 Å². The highest BCUT2D eigenvalue weighted by Gasteiger charge is 2.45. The van der Waals surface area contributed by atoms with Crippen molar-refractivity contribution in [3.63, 3.8) is 0 Å². The van der Waals surface area contributed by atoms with Crippen LogP contribution in [0, 0.1) is 0 Å². The highest BCUT2D eigenvalue weighted by Crippen LogP contribution is 2.45. The van der Waals surface area contributed by atoms with Gasteiger partial charge in [-0.1, -0.05) is 0 Å². The summed E-state index contributed by atoms with van der Waals surface area (Å²) in [5.41, 5.74) is -1.45. The Morgan fingerprint density at radius 3 is 1.94 bits per heavy atom. The van der Waals surface area contributed by atoms with E-state index in [9.17, 15) is 35.1 Å². The van der Waals surface area contributed by atoms with Crippen molar-refractivity contribution in [2.75, 3.05) is 6.61 Å². The van der Waals surface area contributed by atoms with E-state index >= 15 is 0 Å². The molecule has 11 heteroatoms. The number of aromatic hydroxyl groups is 1. The molecule has 35 heavy (non-hydrogen) atoms. The second-order valence-corrected chi connectivity index (χ2v) is 8.06. The number of ether oxygens (including phenoxy) is 2. The maximum atomic E-state index is 12.1. The first-order chi connectivity index (χ1) is 16.8. The highest BCUT2D eigenvalue weighted by atomic mass is 16.7. The Kier molecular flexibility index (Phi) is 5.79. The normalized spacial score (nSPS) is 24.6. The van der Waals surface area contributed by atoms with Gasteiger partial charge in [0.1, 0.15) is 47.1 Å². The molecule has 5 atom stereocenters. The predicted molar refractivity (Wildman–Crippen MR) is 120 cm³/mol. The van der Waals surface area contributed by atoms with E-state index in [4.69, 9.17) is 18.3 Å². The molecule has 2 aromatic heterocycles. The third-order valence-electron chi connectivity index (χ3n) is 5.86. The largest absolute Gasteiger partial charge is 0.507 e. The zero-order valence-electron chi connectivity index (χ0n) is 17.9. The lowest BCUT2D eigenvalue weighted by atomic mass is 9.97. The lowest BCUT2D eigenvalue weighted by Crippen LogP contribution is -2.60. The van der Waals surface area contributed by atoms with Crippen molar-refractivity contribution in [3.05, 3.63) is 69.4 Å². The summed E-state index contributed by atoms with van der Waals surface area (Å²) in [5, 5.41) is 51.8. The van der Waals surface area contributed by atoms with Gasteiger partial charge in [0.25, 0.3) is 0 Å². The minimum Gasteiger partial charge on any atom is -0.507 e. The summed E-state index contributed by atoms with van der Waals surface area (Å²) in [6.45, 7) is -0.667. The number of aliphatic hydroxyl groups is 4. The van der Waals surface area contributed by atoms with Crippen molar-refractivity contribution in [1.29, 1.82) is 0 Å². The van der Waals surface area contributed by atoms with Crippen LogP contribution in [0.3, 0.4) is 0 Å². The number of aliphatic hydroxyl groups excluding tert-OH is 4. The van der Waals surface area contributed by atoms with Crippen molar-refractivity contribution in [3.8, 4) is 22.6 Å². The summed E-state index contributed by atoms with van der Waals surface area (Å²) in [6.07, 6.45) is -7.82. The summed E-state index contributed by atoms with van der Waals surface area (Å²) >= 11 is 0. The Morgan fingerprint density at radius 2 is 1.31 bits per heavy atom. The summed E-state index contributed by atoms with van der Waals surface area (Å²) in [7, 11) is 0. The molecule has 5 N–H and O–H groups in total. The van der Waals surface area contributed by atoms with Crippen LogP contribution in [0.1, 0.15) is 0 Å². The molecule has 0 aliphatic carbocycles. The van der Waals surface area contributed by atoms with E-state index < -0.39 is 48.6 Å². The molecule has 0 amide bonds. The van der Waals surface area contributed by atoms with E-state index in [1.165, 1.54) is 42.5 Å². The van der Waals surface area contributed by atoms with Crippen LogP contribution in [-0.4, -0.2) is 62.8 Å². The lowest BCUT2D eigenvalue weighted by molar-refractivity contribution is -0.277. The molecule has 0 unspecified atom stereocenters. The van der Waals surface area contributed by atoms with Gasteiger partial charge < -0.3 is 43.8 Å². The number of rotatable bonds is 4. The molecule has 1 saturated heterocycles. The molecule has 0 bridgehead atoms. The Hall–Kier alpha value is -3.74. The van der Waals surface area contributed by atoms with Gasteiger partial charge in [-0.3, -0.25) is 0 Å². The van der Waals surface area contributed by atoms with E-state index in [-0.39, 0.29) is 33.8 Å². The molecule has 3 heterocycles. The molecule has 182 valence electrons. The van der Waals surface area contributed by atoms with Crippen LogP contribution in [-0.2, 0) is 4.74 Å². The van der Waals surface area contributed by atoms with Crippen molar-refractivity contribution in [1.82, 2.24) is 0 Å². The van der Waals surface area contributed by atoms with Gasteiger partial charge in [-0.25, -0.2) is 9.59 Å². The molecule has 0 saturated carbocycles. The van der Waals surface area contributed by atoms with Gasteiger partial charge in [0.05, 0.1) is 17.7 Å². The minimum absolute atomic E-state index is 0.00890. The molecule has 1 aliphatic rings. The minimum atomic E-state index is -1.72. The van der Waals surface area contributed by atoms with Crippen LogP contribution in [0.4, 0.5) is 0 Å². The van der Waals surface area contributed by atoms with Crippen molar-refractivity contribution < 1.29 is 43.8 Å². The molecule has 0 radical (unpaired) electrons. The number of fused-ring (bicyclic) bond motifs is 2. The Morgan fingerprint density at radius 1 is 0.743 bits per heavy atom. The van der Waals surface area contributed by atoms with Crippen LogP contribution in [0.5, 0.6) is 11.5 Å². The standard InChI is InChI=1S/C24H20O11/c25-9-14-19(29)20(30)21(31)24(33-14)32-13-6-2-11-4-8-16(28)35-23(11)18(13)17-12(26)5-1-10-3-7-15(27)34-22(10)17/h1-8,14,19-21,24-26,29-31H,9H2/t14-,19-,20+,21-,24-/m1/s1. The number of phenols is 1. The smallest absolute Gasteiger partial charge is 0.336 e. The van der Waals surface area contributed by atoms with Gasteiger partial charge in [0, 0.05) is 22.9 Å². The second-order valence-electron chi connectivity index (χ2n) is 8.06. The average Bonchev–Trinajstić information content (AvgIpc) is 2.84. The maximum Gasteiger partial charge on any atom is 0.336 e. The molecule has 1 fully saturated rings. The zero-order valence-corrected chi connectivity index (χ0v) is 17.9. The van der Waals surface area contributed by atoms with E-state index in [0.29, 0.717) is 10.8 Å². The Labute approximate surface area is 195 Å². The van der Waals surface area contributed by atoms with E-state index in [1.54, 1.807) is 6.07 Å².